The molecule has 1 unspecified atom stereocenters. The lowest BCUT2D eigenvalue weighted by molar-refractivity contribution is 0.328. The molecule has 0 saturated heterocycles. The van der Waals surface area contributed by atoms with Gasteiger partial charge in [0.15, 0.2) is 0 Å². The predicted octanol–water partition coefficient (Wildman–Crippen LogP) is 3.40. The van der Waals surface area contributed by atoms with E-state index in [1.165, 1.54) is 32.1 Å². The number of aromatic nitrogens is 2. The minimum Gasteiger partial charge on any atom is -0.367 e. The highest BCUT2D eigenvalue weighted by molar-refractivity contribution is 5.57. The van der Waals surface area contributed by atoms with Gasteiger partial charge in [0.25, 0.3) is 0 Å². The number of nitrogens with zero attached hydrogens (tertiary/aromatic N) is 2. The molecular weight excluding hydrogens is 262 g/mol. The van der Waals surface area contributed by atoms with Gasteiger partial charge in [0, 0.05) is 18.0 Å². The van der Waals surface area contributed by atoms with Gasteiger partial charge in [-0.1, -0.05) is 26.2 Å². The summed E-state index contributed by atoms with van der Waals surface area (Å²) in [5.41, 5.74) is 3.70. The third kappa shape index (κ3) is 4.06. The van der Waals surface area contributed by atoms with Crippen LogP contribution in [-0.4, -0.2) is 16.0 Å². The molecule has 0 bridgehead atoms. The number of rotatable bonds is 6. The summed E-state index contributed by atoms with van der Waals surface area (Å²) >= 11 is 0. The Morgan fingerprint density at radius 1 is 1.19 bits per heavy atom. The first-order valence-corrected chi connectivity index (χ1v) is 8.26. The van der Waals surface area contributed by atoms with Crippen LogP contribution in [0.4, 0.5) is 11.6 Å². The zero-order valence-electron chi connectivity index (χ0n) is 13.6. The van der Waals surface area contributed by atoms with Crippen LogP contribution in [0.1, 0.15) is 63.8 Å². The van der Waals surface area contributed by atoms with Crippen molar-refractivity contribution < 1.29 is 0 Å². The van der Waals surface area contributed by atoms with E-state index in [0.717, 1.165) is 41.8 Å². The Labute approximate surface area is 128 Å². The van der Waals surface area contributed by atoms with E-state index >= 15 is 0 Å². The highest BCUT2D eigenvalue weighted by atomic mass is 15.3. The van der Waals surface area contributed by atoms with Crippen molar-refractivity contribution in [2.75, 3.05) is 10.7 Å². The number of nitrogens with two attached hydrogens (primary N) is 1. The summed E-state index contributed by atoms with van der Waals surface area (Å²) in [5.74, 6) is 8.85. The summed E-state index contributed by atoms with van der Waals surface area (Å²) < 4.78 is 0. The van der Waals surface area contributed by atoms with Crippen molar-refractivity contribution in [3.05, 3.63) is 11.4 Å². The fraction of sp³-hybridized carbons (Fsp3) is 0.750. The second-order valence-corrected chi connectivity index (χ2v) is 6.19. The fourth-order valence-corrected chi connectivity index (χ4v) is 3.15. The molecule has 0 radical (unpaired) electrons. The van der Waals surface area contributed by atoms with Crippen molar-refractivity contribution >= 4 is 11.6 Å². The number of nitrogens with one attached hydrogen (secondary N) is 2. The summed E-state index contributed by atoms with van der Waals surface area (Å²) in [7, 11) is 0. The van der Waals surface area contributed by atoms with Gasteiger partial charge in [-0.2, -0.15) is 0 Å². The Morgan fingerprint density at radius 3 is 2.48 bits per heavy atom. The molecule has 5 heteroatoms. The predicted molar refractivity (Wildman–Crippen MR) is 88.2 cm³/mol. The third-order valence-corrected chi connectivity index (χ3v) is 4.52. The molecule has 118 valence electrons. The lowest BCUT2D eigenvalue weighted by atomic mass is 9.84. The van der Waals surface area contributed by atoms with Crippen LogP contribution in [0.3, 0.4) is 0 Å². The van der Waals surface area contributed by atoms with Gasteiger partial charge in [-0.15, -0.1) is 0 Å². The molecule has 1 atom stereocenters. The Balaban J connectivity index is 2.15. The average molecular weight is 291 g/mol. The molecule has 1 fully saturated rings. The minimum atomic E-state index is 0.444. The van der Waals surface area contributed by atoms with Gasteiger partial charge >= 0.3 is 0 Å². The van der Waals surface area contributed by atoms with E-state index in [-0.39, 0.29) is 0 Å². The monoisotopic (exact) mass is 291 g/mol. The molecule has 4 N–H and O–H groups in total. The van der Waals surface area contributed by atoms with Crippen molar-refractivity contribution in [2.24, 2.45) is 11.8 Å². The molecule has 5 nitrogen and oxygen atoms in total. The van der Waals surface area contributed by atoms with Gasteiger partial charge in [0.05, 0.1) is 0 Å². The second-order valence-electron chi connectivity index (χ2n) is 6.19. The summed E-state index contributed by atoms with van der Waals surface area (Å²) in [6, 6.07) is 0.444. The molecule has 1 saturated carbocycles. The molecule has 0 aliphatic heterocycles. The minimum absolute atomic E-state index is 0.444. The maximum absolute atomic E-state index is 5.59. The largest absolute Gasteiger partial charge is 0.367 e. The van der Waals surface area contributed by atoms with Crippen LogP contribution in [0.15, 0.2) is 0 Å². The molecule has 0 spiro atoms. The number of aryl methyl sites for hydroxylation is 1. The summed E-state index contributed by atoms with van der Waals surface area (Å²) in [6.45, 7) is 6.42. The first kappa shape index (κ1) is 16.0. The van der Waals surface area contributed by atoms with Crippen LogP contribution in [0, 0.1) is 12.8 Å². The molecule has 1 aromatic heterocycles. The molecule has 0 amide bonds. The van der Waals surface area contributed by atoms with E-state index in [0.29, 0.717) is 6.04 Å². The van der Waals surface area contributed by atoms with Crippen molar-refractivity contribution in [1.29, 1.82) is 0 Å². The number of hydrogen-bond acceptors (Lipinski definition) is 5. The number of nitrogen functional groups attached to an aromatic ring is 1. The first-order chi connectivity index (χ1) is 10.2. The highest BCUT2D eigenvalue weighted by Gasteiger charge is 2.21. The molecule has 1 heterocycles. The number of hydrogen-bond donors (Lipinski definition) is 3. The van der Waals surface area contributed by atoms with Gasteiger partial charge in [0.1, 0.15) is 17.5 Å². The quantitative estimate of drug-likeness (QED) is 0.553. The van der Waals surface area contributed by atoms with Crippen LogP contribution < -0.4 is 16.6 Å². The number of anilines is 2. The Hall–Kier alpha value is -1.36. The van der Waals surface area contributed by atoms with Crippen LogP contribution in [0.2, 0.25) is 0 Å². The van der Waals surface area contributed by atoms with Gasteiger partial charge in [-0.05, 0) is 39.0 Å². The SMILES string of the molecule is CCCc1nc(NN)c(C)c(NC(C)C2CCCCC2)n1. The lowest BCUT2D eigenvalue weighted by Crippen LogP contribution is -2.29. The van der Waals surface area contributed by atoms with E-state index in [2.05, 4.69) is 34.6 Å². The zero-order valence-corrected chi connectivity index (χ0v) is 13.6. The third-order valence-electron chi connectivity index (χ3n) is 4.52. The summed E-state index contributed by atoms with van der Waals surface area (Å²) in [5, 5.41) is 3.61. The van der Waals surface area contributed by atoms with E-state index < -0.39 is 0 Å². The summed E-state index contributed by atoms with van der Waals surface area (Å²) in [4.78, 5) is 9.16. The molecule has 0 aromatic carbocycles. The van der Waals surface area contributed by atoms with E-state index in [9.17, 15) is 0 Å². The normalized spacial score (nSPS) is 17.5. The fourth-order valence-electron chi connectivity index (χ4n) is 3.15. The van der Waals surface area contributed by atoms with E-state index in [4.69, 9.17) is 5.84 Å². The van der Waals surface area contributed by atoms with Gasteiger partial charge in [-0.3, -0.25) is 0 Å². The summed E-state index contributed by atoms with van der Waals surface area (Å²) in [6.07, 6.45) is 8.65. The standard InChI is InChI=1S/C16H29N5/c1-4-8-14-19-15(11(2)16(20-14)21-17)18-12(3)13-9-6-5-7-10-13/h12-13H,4-10,17H2,1-3H3,(H2,18,19,20,21). The number of hydrazine groups is 1. The molecule has 1 aromatic rings. The van der Waals surface area contributed by atoms with Gasteiger partial charge in [0.2, 0.25) is 0 Å². The van der Waals surface area contributed by atoms with Crippen molar-refractivity contribution in [3.63, 3.8) is 0 Å². The Morgan fingerprint density at radius 2 is 1.86 bits per heavy atom. The molecule has 1 aliphatic rings. The first-order valence-electron chi connectivity index (χ1n) is 8.26. The molecule has 1 aliphatic carbocycles. The van der Waals surface area contributed by atoms with Crippen molar-refractivity contribution in [2.45, 2.75) is 71.8 Å². The smallest absolute Gasteiger partial charge is 0.148 e. The maximum Gasteiger partial charge on any atom is 0.148 e. The molecular formula is C16H29N5. The van der Waals surface area contributed by atoms with Crippen molar-refractivity contribution in [1.82, 2.24) is 9.97 Å². The van der Waals surface area contributed by atoms with Crippen LogP contribution >= 0.6 is 0 Å². The second kappa shape index (κ2) is 7.59. The average Bonchev–Trinajstić information content (AvgIpc) is 2.51. The highest BCUT2D eigenvalue weighted by Crippen LogP contribution is 2.29. The Bertz CT molecular complexity index is 454. The lowest BCUT2D eigenvalue weighted by Gasteiger charge is -2.29. The van der Waals surface area contributed by atoms with E-state index in [1.807, 2.05) is 6.92 Å². The zero-order chi connectivity index (χ0) is 15.2. The molecule has 21 heavy (non-hydrogen) atoms. The Kier molecular flexibility index (Phi) is 5.79. The van der Waals surface area contributed by atoms with Crippen LogP contribution in [0.5, 0.6) is 0 Å². The molecule has 2 rings (SSSR count). The van der Waals surface area contributed by atoms with Gasteiger partial charge in [-0.25, -0.2) is 15.8 Å². The van der Waals surface area contributed by atoms with E-state index in [1.54, 1.807) is 0 Å². The van der Waals surface area contributed by atoms with Crippen LogP contribution in [-0.2, 0) is 6.42 Å². The van der Waals surface area contributed by atoms with Crippen LogP contribution in [0.25, 0.3) is 0 Å². The van der Waals surface area contributed by atoms with Crippen molar-refractivity contribution in [3.8, 4) is 0 Å². The maximum atomic E-state index is 5.59. The topological polar surface area (TPSA) is 75.9 Å². The van der Waals surface area contributed by atoms with Gasteiger partial charge < -0.3 is 10.7 Å².